The number of amidine groups is 1. The van der Waals surface area contributed by atoms with Gasteiger partial charge in [0, 0.05) is 12.6 Å². The van der Waals surface area contributed by atoms with Gasteiger partial charge in [-0.25, -0.2) is 4.99 Å². The number of unbranched alkanes of at least 4 members (excludes halogenated alkanes) is 2. The van der Waals surface area contributed by atoms with Crippen LogP contribution in [0.4, 0.5) is 5.69 Å². The molecule has 4 heteroatoms. The molecule has 0 spiro atoms. The van der Waals surface area contributed by atoms with Gasteiger partial charge in [0.25, 0.3) is 0 Å². The zero-order valence-corrected chi connectivity index (χ0v) is 16.7. The highest BCUT2D eigenvalue weighted by Gasteiger charge is 2.11. The van der Waals surface area contributed by atoms with Gasteiger partial charge in [-0.05, 0) is 60.2 Å². The highest BCUT2D eigenvalue weighted by atomic mass is 79.9. The minimum atomic E-state index is 0.601. The standard InChI is InChI=1S/C19H30BrN3/c1-6-8-9-10-16(18(20)22-5)19(21)23-17-14(4)11-13(3)12-15(17)7-2/h11-12,22H,6-10H2,1-5H3,(H2,21,23)/b18-16-. The van der Waals surface area contributed by atoms with Gasteiger partial charge in [-0.3, -0.25) is 0 Å². The van der Waals surface area contributed by atoms with Crippen LogP contribution in [0.5, 0.6) is 0 Å². The molecule has 1 aromatic rings. The first-order valence-electron chi connectivity index (χ1n) is 8.45. The molecule has 0 aliphatic rings. The average molecular weight is 380 g/mol. The summed E-state index contributed by atoms with van der Waals surface area (Å²) < 4.78 is 0.928. The van der Waals surface area contributed by atoms with Crippen LogP contribution in [0.15, 0.2) is 27.3 Å². The monoisotopic (exact) mass is 379 g/mol. The molecule has 0 unspecified atom stereocenters. The fourth-order valence-corrected chi connectivity index (χ4v) is 3.12. The fraction of sp³-hybridized carbons (Fsp3) is 0.526. The zero-order chi connectivity index (χ0) is 17.4. The van der Waals surface area contributed by atoms with Crippen LogP contribution >= 0.6 is 15.9 Å². The number of aryl methyl sites for hydroxylation is 3. The van der Waals surface area contributed by atoms with Crippen molar-refractivity contribution in [1.29, 1.82) is 0 Å². The minimum absolute atomic E-state index is 0.601. The second-order valence-electron chi connectivity index (χ2n) is 5.94. The summed E-state index contributed by atoms with van der Waals surface area (Å²) in [5.74, 6) is 0.601. The summed E-state index contributed by atoms with van der Waals surface area (Å²) in [6.07, 6.45) is 5.39. The van der Waals surface area contributed by atoms with Crippen LogP contribution in [-0.4, -0.2) is 12.9 Å². The van der Waals surface area contributed by atoms with E-state index in [1.807, 2.05) is 7.05 Å². The Hall–Kier alpha value is -1.29. The van der Waals surface area contributed by atoms with E-state index in [1.54, 1.807) is 0 Å². The van der Waals surface area contributed by atoms with Crippen LogP contribution in [0.25, 0.3) is 0 Å². The van der Waals surface area contributed by atoms with Crippen LogP contribution in [0, 0.1) is 13.8 Å². The molecule has 0 saturated carbocycles. The number of aliphatic imine (C=N–C) groups is 1. The molecule has 128 valence electrons. The third kappa shape index (κ3) is 5.69. The van der Waals surface area contributed by atoms with Crippen molar-refractivity contribution in [3.8, 4) is 0 Å². The molecule has 3 nitrogen and oxygen atoms in total. The van der Waals surface area contributed by atoms with E-state index in [0.717, 1.165) is 35.1 Å². The topological polar surface area (TPSA) is 50.4 Å². The third-order valence-electron chi connectivity index (χ3n) is 3.96. The Morgan fingerprint density at radius 3 is 2.48 bits per heavy atom. The average Bonchev–Trinajstić information content (AvgIpc) is 2.52. The van der Waals surface area contributed by atoms with Crippen molar-refractivity contribution in [2.45, 2.75) is 59.8 Å². The first-order valence-corrected chi connectivity index (χ1v) is 9.24. The zero-order valence-electron chi connectivity index (χ0n) is 15.1. The van der Waals surface area contributed by atoms with Gasteiger partial charge in [0.2, 0.25) is 0 Å². The van der Waals surface area contributed by atoms with Crippen molar-refractivity contribution in [2.75, 3.05) is 7.05 Å². The SMILES string of the molecule is CCCCC/C(C(N)=Nc1c(C)cc(C)cc1CC)=C(\Br)NC. The molecule has 1 aromatic carbocycles. The number of rotatable bonds is 8. The van der Waals surface area contributed by atoms with Crippen molar-refractivity contribution < 1.29 is 0 Å². The first-order chi connectivity index (χ1) is 10.9. The van der Waals surface area contributed by atoms with Crippen LogP contribution in [0.1, 0.15) is 56.2 Å². The van der Waals surface area contributed by atoms with E-state index in [0.29, 0.717) is 5.84 Å². The quantitative estimate of drug-likeness (QED) is 0.280. The van der Waals surface area contributed by atoms with Crippen molar-refractivity contribution in [1.82, 2.24) is 5.32 Å². The maximum Gasteiger partial charge on any atom is 0.129 e. The van der Waals surface area contributed by atoms with Crippen LogP contribution in [0.2, 0.25) is 0 Å². The molecule has 0 aromatic heterocycles. The van der Waals surface area contributed by atoms with E-state index >= 15 is 0 Å². The lowest BCUT2D eigenvalue weighted by molar-refractivity contribution is 0.719. The van der Waals surface area contributed by atoms with E-state index in [-0.39, 0.29) is 0 Å². The molecule has 0 fully saturated rings. The minimum Gasteiger partial charge on any atom is -0.383 e. The van der Waals surface area contributed by atoms with E-state index in [4.69, 9.17) is 10.7 Å². The molecule has 23 heavy (non-hydrogen) atoms. The van der Waals surface area contributed by atoms with Crippen molar-refractivity contribution in [2.24, 2.45) is 10.7 Å². The summed E-state index contributed by atoms with van der Waals surface area (Å²) in [5.41, 5.74) is 12.1. The Morgan fingerprint density at radius 2 is 1.91 bits per heavy atom. The number of nitrogens with zero attached hydrogens (tertiary/aromatic N) is 1. The van der Waals surface area contributed by atoms with Gasteiger partial charge in [0.1, 0.15) is 5.84 Å². The second-order valence-corrected chi connectivity index (χ2v) is 6.73. The molecule has 0 bridgehead atoms. The Balaban J connectivity index is 3.23. The largest absolute Gasteiger partial charge is 0.383 e. The highest BCUT2D eigenvalue weighted by molar-refractivity contribution is 9.11. The molecule has 3 N–H and O–H groups in total. The van der Waals surface area contributed by atoms with Gasteiger partial charge in [-0.15, -0.1) is 0 Å². The normalized spacial score (nSPS) is 13.0. The van der Waals surface area contributed by atoms with Crippen LogP contribution in [-0.2, 0) is 6.42 Å². The Kier molecular flexibility index (Phi) is 8.38. The molecule has 0 radical (unpaired) electrons. The van der Waals surface area contributed by atoms with E-state index < -0.39 is 0 Å². The van der Waals surface area contributed by atoms with Crippen molar-refractivity contribution in [3.05, 3.63) is 39.0 Å². The lowest BCUT2D eigenvalue weighted by Crippen LogP contribution is -2.19. The van der Waals surface area contributed by atoms with Gasteiger partial charge in [-0.2, -0.15) is 0 Å². The molecular weight excluding hydrogens is 350 g/mol. The Morgan fingerprint density at radius 1 is 1.22 bits per heavy atom. The maximum atomic E-state index is 6.36. The van der Waals surface area contributed by atoms with Gasteiger partial charge < -0.3 is 11.1 Å². The van der Waals surface area contributed by atoms with Crippen LogP contribution < -0.4 is 11.1 Å². The summed E-state index contributed by atoms with van der Waals surface area (Å²) in [5, 5.41) is 3.15. The molecule has 0 aliphatic heterocycles. The van der Waals surface area contributed by atoms with E-state index in [9.17, 15) is 0 Å². The number of halogens is 1. The lowest BCUT2D eigenvalue weighted by Gasteiger charge is -2.13. The van der Waals surface area contributed by atoms with Crippen molar-refractivity contribution >= 4 is 27.5 Å². The molecule has 0 saturated heterocycles. The van der Waals surface area contributed by atoms with Crippen molar-refractivity contribution in [3.63, 3.8) is 0 Å². The van der Waals surface area contributed by atoms with E-state index in [1.165, 1.54) is 29.5 Å². The number of hydrogen-bond donors (Lipinski definition) is 2. The Labute approximate surface area is 149 Å². The molecule has 0 aliphatic carbocycles. The van der Waals surface area contributed by atoms with Crippen LogP contribution in [0.3, 0.4) is 0 Å². The predicted molar refractivity (Wildman–Crippen MR) is 106 cm³/mol. The lowest BCUT2D eigenvalue weighted by atomic mass is 10.0. The molecule has 0 amide bonds. The summed E-state index contributed by atoms with van der Waals surface area (Å²) in [7, 11) is 1.89. The first kappa shape index (κ1) is 19.8. The number of benzene rings is 1. The van der Waals surface area contributed by atoms with Gasteiger partial charge in [0.05, 0.1) is 10.3 Å². The second kappa shape index (κ2) is 9.76. The van der Waals surface area contributed by atoms with Gasteiger partial charge in [0.15, 0.2) is 0 Å². The fourth-order valence-electron chi connectivity index (χ4n) is 2.72. The summed E-state index contributed by atoms with van der Waals surface area (Å²) in [6, 6.07) is 4.37. The van der Waals surface area contributed by atoms with Gasteiger partial charge >= 0.3 is 0 Å². The molecule has 0 atom stereocenters. The number of nitrogens with two attached hydrogens (primary N) is 1. The summed E-state index contributed by atoms with van der Waals surface area (Å²) in [4.78, 5) is 4.79. The molecule has 0 heterocycles. The third-order valence-corrected chi connectivity index (χ3v) is 4.84. The predicted octanol–water partition coefficient (Wildman–Crippen LogP) is 5.26. The van der Waals surface area contributed by atoms with E-state index in [2.05, 4.69) is 61.1 Å². The smallest absolute Gasteiger partial charge is 0.129 e. The molecule has 1 rings (SSSR count). The maximum absolute atomic E-state index is 6.36. The molecular formula is C19H30BrN3. The number of hydrogen-bond acceptors (Lipinski definition) is 2. The Bertz CT molecular complexity index is 589. The number of nitrogens with one attached hydrogen (secondary N) is 1. The summed E-state index contributed by atoms with van der Waals surface area (Å²) in [6.45, 7) is 8.59. The van der Waals surface area contributed by atoms with Gasteiger partial charge in [-0.1, -0.05) is 44.4 Å². The summed E-state index contributed by atoms with van der Waals surface area (Å²) >= 11 is 3.58. The highest BCUT2D eigenvalue weighted by Crippen LogP contribution is 2.28.